The molecule has 152 valence electrons. The number of nitro benzene ring substituents is 1. The predicted molar refractivity (Wildman–Crippen MR) is 107 cm³/mol. The number of nitro groups is 1. The fourth-order valence-electron chi connectivity index (χ4n) is 2.34. The largest absolute Gasteiger partial charge is 0.454 e. The second kappa shape index (κ2) is 8.64. The Morgan fingerprint density at radius 3 is 2.14 bits per heavy atom. The van der Waals surface area contributed by atoms with Crippen molar-refractivity contribution in [2.24, 2.45) is 5.41 Å². The Labute approximate surface area is 168 Å². The Hall–Kier alpha value is -3.55. The highest BCUT2D eigenvalue weighted by Gasteiger charge is 2.21. The van der Waals surface area contributed by atoms with Crippen LogP contribution in [0, 0.1) is 22.5 Å². The van der Waals surface area contributed by atoms with Crippen molar-refractivity contribution in [3.05, 3.63) is 69.3 Å². The first-order chi connectivity index (χ1) is 13.5. The summed E-state index contributed by atoms with van der Waals surface area (Å²) < 4.78 is 5.01. The van der Waals surface area contributed by atoms with E-state index >= 15 is 0 Å². The van der Waals surface area contributed by atoms with Gasteiger partial charge in [0.15, 0.2) is 12.4 Å². The van der Waals surface area contributed by atoms with E-state index in [1.54, 1.807) is 32.9 Å². The third kappa shape index (κ3) is 5.71. The number of hydrogen-bond donors (Lipinski definition) is 1. The number of aryl methyl sites for hydroxylation is 1. The maximum absolute atomic E-state index is 12.2. The van der Waals surface area contributed by atoms with E-state index in [-0.39, 0.29) is 17.2 Å². The molecule has 2 aromatic rings. The van der Waals surface area contributed by atoms with E-state index in [0.29, 0.717) is 16.8 Å². The second-order valence-electron chi connectivity index (χ2n) is 7.54. The SMILES string of the molecule is Cc1cc(C(=O)OCC(=O)c2ccc(NC(=O)C(C)(C)C)cc2)ccc1[N+](=O)[O-]. The number of nitrogens with one attached hydrogen (secondary N) is 1. The van der Waals surface area contributed by atoms with Crippen LogP contribution in [-0.4, -0.2) is 29.2 Å². The molecule has 2 rings (SSSR count). The quantitative estimate of drug-likeness (QED) is 0.341. The van der Waals surface area contributed by atoms with Crippen LogP contribution in [0.3, 0.4) is 0 Å². The Kier molecular flexibility index (Phi) is 6.48. The lowest BCUT2D eigenvalue weighted by Gasteiger charge is -2.17. The maximum atomic E-state index is 12.2. The average molecular weight is 398 g/mol. The molecule has 8 heteroatoms. The predicted octanol–water partition coefficient (Wildman–Crippen LogP) is 3.93. The molecule has 0 unspecified atom stereocenters. The van der Waals surface area contributed by atoms with Crippen molar-refractivity contribution < 1.29 is 24.0 Å². The van der Waals surface area contributed by atoms with Crippen molar-refractivity contribution in [3.63, 3.8) is 0 Å². The van der Waals surface area contributed by atoms with Crippen LogP contribution < -0.4 is 5.32 Å². The third-order valence-electron chi connectivity index (χ3n) is 4.11. The van der Waals surface area contributed by atoms with Gasteiger partial charge < -0.3 is 10.1 Å². The molecule has 0 saturated carbocycles. The molecular weight excluding hydrogens is 376 g/mol. The molecule has 0 spiro atoms. The van der Waals surface area contributed by atoms with Crippen molar-refractivity contribution in [1.82, 2.24) is 0 Å². The van der Waals surface area contributed by atoms with Crippen LogP contribution in [0.15, 0.2) is 42.5 Å². The Bertz CT molecular complexity index is 958. The van der Waals surface area contributed by atoms with Gasteiger partial charge in [0, 0.05) is 28.3 Å². The number of benzene rings is 2. The molecule has 2 aromatic carbocycles. The van der Waals surface area contributed by atoms with Gasteiger partial charge in [-0.2, -0.15) is 0 Å². The highest BCUT2D eigenvalue weighted by atomic mass is 16.6. The topological polar surface area (TPSA) is 116 Å². The minimum absolute atomic E-state index is 0.101. The van der Waals surface area contributed by atoms with E-state index < -0.39 is 28.7 Å². The summed E-state index contributed by atoms with van der Waals surface area (Å²) >= 11 is 0. The van der Waals surface area contributed by atoms with Crippen LogP contribution in [0.1, 0.15) is 47.1 Å². The maximum Gasteiger partial charge on any atom is 0.338 e. The highest BCUT2D eigenvalue weighted by molar-refractivity contribution is 6.00. The van der Waals surface area contributed by atoms with E-state index in [1.165, 1.54) is 37.3 Å². The van der Waals surface area contributed by atoms with Crippen molar-refractivity contribution in [1.29, 1.82) is 0 Å². The zero-order chi connectivity index (χ0) is 21.8. The van der Waals surface area contributed by atoms with Crippen LogP contribution in [0.25, 0.3) is 0 Å². The minimum Gasteiger partial charge on any atom is -0.454 e. The highest BCUT2D eigenvalue weighted by Crippen LogP contribution is 2.20. The van der Waals surface area contributed by atoms with Crippen LogP contribution >= 0.6 is 0 Å². The molecule has 0 fully saturated rings. The molecule has 0 atom stereocenters. The molecule has 0 aromatic heterocycles. The van der Waals surface area contributed by atoms with Gasteiger partial charge in [-0.15, -0.1) is 0 Å². The number of ether oxygens (including phenoxy) is 1. The van der Waals surface area contributed by atoms with Crippen molar-refractivity contribution in [3.8, 4) is 0 Å². The lowest BCUT2D eigenvalue weighted by molar-refractivity contribution is -0.385. The van der Waals surface area contributed by atoms with E-state index in [2.05, 4.69) is 5.32 Å². The second-order valence-corrected chi connectivity index (χ2v) is 7.54. The van der Waals surface area contributed by atoms with Gasteiger partial charge in [0.25, 0.3) is 5.69 Å². The number of amides is 1. The lowest BCUT2D eigenvalue weighted by Crippen LogP contribution is -2.27. The van der Waals surface area contributed by atoms with Crippen LogP contribution in [0.4, 0.5) is 11.4 Å². The molecular formula is C21H22N2O6. The van der Waals surface area contributed by atoms with E-state index in [4.69, 9.17) is 4.74 Å². The van der Waals surface area contributed by atoms with Gasteiger partial charge in [-0.25, -0.2) is 4.79 Å². The van der Waals surface area contributed by atoms with Gasteiger partial charge in [0.05, 0.1) is 10.5 Å². The summed E-state index contributed by atoms with van der Waals surface area (Å²) in [4.78, 5) is 46.6. The molecule has 0 aliphatic rings. The number of hydrogen-bond acceptors (Lipinski definition) is 6. The normalized spacial score (nSPS) is 10.9. The zero-order valence-corrected chi connectivity index (χ0v) is 16.6. The van der Waals surface area contributed by atoms with E-state index in [0.717, 1.165) is 0 Å². The summed E-state index contributed by atoms with van der Waals surface area (Å²) in [6.07, 6.45) is 0. The van der Waals surface area contributed by atoms with Gasteiger partial charge in [0.1, 0.15) is 0 Å². The van der Waals surface area contributed by atoms with Gasteiger partial charge in [-0.3, -0.25) is 19.7 Å². The van der Waals surface area contributed by atoms with Crippen molar-refractivity contribution in [2.75, 3.05) is 11.9 Å². The molecule has 0 aliphatic heterocycles. The molecule has 0 saturated heterocycles. The number of carbonyl (C=O) groups excluding carboxylic acids is 3. The summed E-state index contributed by atoms with van der Waals surface area (Å²) in [7, 11) is 0. The van der Waals surface area contributed by atoms with E-state index in [1.807, 2.05) is 0 Å². The van der Waals surface area contributed by atoms with Gasteiger partial charge >= 0.3 is 5.97 Å². The Morgan fingerprint density at radius 1 is 1.03 bits per heavy atom. The van der Waals surface area contributed by atoms with Gasteiger partial charge in [-0.05, 0) is 43.3 Å². The number of Topliss-reactive ketones (excluding diaryl/α,β-unsaturated/α-hetero) is 1. The molecule has 0 bridgehead atoms. The first-order valence-corrected chi connectivity index (χ1v) is 8.86. The number of nitrogens with zero attached hydrogens (tertiary/aromatic N) is 1. The van der Waals surface area contributed by atoms with Crippen LogP contribution in [-0.2, 0) is 9.53 Å². The summed E-state index contributed by atoms with van der Waals surface area (Å²) in [6.45, 7) is 6.42. The fourth-order valence-corrected chi connectivity index (χ4v) is 2.34. The van der Waals surface area contributed by atoms with Crippen molar-refractivity contribution >= 4 is 29.0 Å². The Morgan fingerprint density at radius 2 is 1.62 bits per heavy atom. The smallest absolute Gasteiger partial charge is 0.338 e. The van der Waals surface area contributed by atoms with Gasteiger partial charge in [0.2, 0.25) is 5.91 Å². The molecule has 1 amide bonds. The molecule has 8 nitrogen and oxygen atoms in total. The van der Waals surface area contributed by atoms with Gasteiger partial charge in [-0.1, -0.05) is 20.8 Å². The summed E-state index contributed by atoms with van der Waals surface area (Å²) in [5.41, 5.74) is 0.686. The minimum atomic E-state index is -0.745. The number of anilines is 1. The fraction of sp³-hybridized carbons (Fsp3) is 0.286. The summed E-state index contributed by atoms with van der Waals surface area (Å²) in [5, 5.41) is 13.6. The number of carbonyl (C=O) groups is 3. The van der Waals surface area contributed by atoms with E-state index in [9.17, 15) is 24.5 Å². The third-order valence-corrected chi connectivity index (χ3v) is 4.11. The molecule has 0 heterocycles. The molecule has 0 aliphatic carbocycles. The monoisotopic (exact) mass is 398 g/mol. The van der Waals surface area contributed by atoms with Crippen LogP contribution in [0.5, 0.6) is 0 Å². The Balaban J connectivity index is 1.97. The standard InChI is InChI=1S/C21H22N2O6/c1-13-11-15(7-10-17(13)23(27)28)19(25)29-12-18(24)14-5-8-16(9-6-14)22-20(26)21(2,3)4/h5-11H,12H2,1-4H3,(H,22,26). The first kappa shape index (κ1) is 21.7. The summed E-state index contributed by atoms with van der Waals surface area (Å²) in [5.74, 6) is -1.31. The number of ketones is 1. The lowest BCUT2D eigenvalue weighted by atomic mass is 9.95. The first-order valence-electron chi connectivity index (χ1n) is 8.86. The van der Waals surface area contributed by atoms with Crippen molar-refractivity contribution in [2.45, 2.75) is 27.7 Å². The van der Waals surface area contributed by atoms with Crippen LogP contribution in [0.2, 0.25) is 0 Å². The molecule has 0 radical (unpaired) electrons. The number of rotatable bonds is 6. The average Bonchev–Trinajstić information content (AvgIpc) is 2.65. The number of esters is 1. The molecule has 1 N–H and O–H groups in total. The summed E-state index contributed by atoms with van der Waals surface area (Å²) in [6, 6.07) is 10.1. The molecule has 29 heavy (non-hydrogen) atoms. The zero-order valence-electron chi connectivity index (χ0n) is 16.6.